The van der Waals surface area contributed by atoms with Crippen molar-refractivity contribution in [2.45, 2.75) is 24.8 Å². The van der Waals surface area contributed by atoms with Gasteiger partial charge in [-0.3, -0.25) is 9.71 Å². The molecule has 0 amide bonds. The number of hydrogen-bond acceptors (Lipinski definition) is 4. The van der Waals surface area contributed by atoms with E-state index in [0.29, 0.717) is 12.2 Å². The number of rotatable bonds is 7. The molecule has 0 aliphatic heterocycles. The van der Waals surface area contributed by atoms with Crippen LogP contribution in [0.1, 0.15) is 18.9 Å². The fraction of sp³-hybridized carbons (Fsp3) is 0.267. The summed E-state index contributed by atoms with van der Waals surface area (Å²) in [5.74, 6) is 0. The van der Waals surface area contributed by atoms with Crippen LogP contribution in [0.5, 0.6) is 0 Å². The lowest BCUT2D eigenvalue weighted by molar-refractivity contribution is 0.600. The zero-order chi connectivity index (χ0) is 15.1. The first-order valence-corrected chi connectivity index (χ1v) is 8.32. The summed E-state index contributed by atoms with van der Waals surface area (Å²) >= 11 is 0. The van der Waals surface area contributed by atoms with Crippen molar-refractivity contribution in [3.05, 3.63) is 54.4 Å². The van der Waals surface area contributed by atoms with Crippen LogP contribution in [0, 0.1) is 0 Å². The lowest BCUT2D eigenvalue weighted by atomic mass is 10.2. The summed E-state index contributed by atoms with van der Waals surface area (Å²) in [5, 5.41) is 3.25. The number of nitrogens with zero attached hydrogens (tertiary/aromatic N) is 1. The van der Waals surface area contributed by atoms with Gasteiger partial charge >= 0.3 is 0 Å². The van der Waals surface area contributed by atoms with Crippen LogP contribution in [0.3, 0.4) is 0 Å². The van der Waals surface area contributed by atoms with Crippen molar-refractivity contribution in [2.75, 3.05) is 11.3 Å². The van der Waals surface area contributed by atoms with Crippen molar-refractivity contribution in [1.82, 2.24) is 10.3 Å². The van der Waals surface area contributed by atoms with Crippen LogP contribution in [-0.4, -0.2) is 19.9 Å². The van der Waals surface area contributed by atoms with E-state index in [1.54, 1.807) is 36.5 Å². The number of nitrogens with one attached hydrogen (secondary N) is 2. The van der Waals surface area contributed by atoms with E-state index in [0.717, 1.165) is 18.5 Å². The number of sulfonamides is 1. The molecule has 0 radical (unpaired) electrons. The maximum absolute atomic E-state index is 12.3. The predicted molar refractivity (Wildman–Crippen MR) is 83.5 cm³/mol. The molecule has 1 aromatic heterocycles. The zero-order valence-electron chi connectivity index (χ0n) is 11.9. The molecule has 0 aliphatic carbocycles. The van der Waals surface area contributed by atoms with Gasteiger partial charge in [0.1, 0.15) is 0 Å². The minimum Gasteiger partial charge on any atom is -0.313 e. The quantitative estimate of drug-likeness (QED) is 0.771. The monoisotopic (exact) mass is 305 g/mol. The molecule has 1 heterocycles. The Morgan fingerprint density at radius 3 is 2.76 bits per heavy atom. The summed E-state index contributed by atoms with van der Waals surface area (Å²) < 4.78 is 27.2. The largest absolute Gasteiger partial charge is 0.313 e. The number of hydrogen-bond donors (Lipinski definition) is 2. The molecule has 6 heteroatoms. The number of benzene rings is 1. The lowest BCUT2D eigenvalue weighted by Gasteiger charge is -2.09. The molecule has 0 unspecified atom stereocenters. The summed E-state index contributed by atoms with van der Waals surface area (Å²) in [6.07, 6.45) is 4.11. The second-order valence-electron chi connectivity index (χ2n) is 4.67. The Bertz CT molecular complexity index is 672. The van der Waals surface area contributed by atoms with E-state index in [1.807, 2.05) is 6.07 Å². The minimum absolute atomic E-state index is 0.252. The highest BCUT2D eigenvalue weighted by Crippen LogP contribution is 2.16. The number of anilines is 1. The van der Waals surface area contributed by atoms with Gasteiger partial charge < -0.3 is 5.32 Å². The third kappa shape index (κ3) is 4.54. The summed E-state index contributed by atoms with van der Waals surface area (Å²) in [5.41, 5.74) is 1.39. The Kier molecular flexibility index (Phi) is 5.30. The van der Waals surface area contributed by atoms with Crippen LogP contribution in [-0.2, 0) is 16.6 Å². The van der Waals surface area contributed by atoms with Gasteiger partial charge in [0.25, 0.3) is 10.0 Å². The first-order chi connectivity index (χ1) is 10.1. The summed E-state index contributed by atoms with van der Waals surface area (Å²) in [4.78, 5) is 4.15. The molecule has 0 bridgehead atoms. The van der Waals surface area contributed by atoms with E-state index >= 15 is 0 Å². The molecule has 21 heavy (non-hydrogen) atoms. The van der Waals surface area contributed by atoms with Crippen LogP contribution in [0.2, 0.25) is 0 Å². The van der Waals surface area contributed by atoms with Gasteiger partial charge in [-0.15, -0.1) is 0 Å². The molecule has 0 atom stereocenters. The molecule has 5 nitrogen and oxygen atoms in total. The van der Waals surface area contributed by atoms with Gasteiger partial charge in [0, 0.05) is 12.7 Å². The van der Waals surface area contributed by atoms with Crippen LogP contribution < -0.4 is 10.0 Å². The van der Waals surface area contributed by atoms with Gasteiger partial charge in [-0.05, 0) is 42.8 Å². The second-order valence-corrected chi connectivity index (χ2v) is 6.35. The Morgan fingerprint density at radius 2 is 2.05 bits per heavy atom. The third-order valence-corrected chi connectivity index (χ3v) is 4.26. The highest BCUT2D eigenvalue weighted by atomic mass is 32.2. The third-order valence-electron chi connectivity index (χ3n) is 2.88. The van der Waals surface area contributed by atoms with Gasteiger partial charge in [-0.25, -0.2) is 8.42 Å². The van der Waals surface area contributed by atoms with Gasteiger partial charge in [0.2, 0.25) is 0 Å². The molecule has 0 saturated heterocycles. The van der Waals surface area contributed by atoms with Crippen molar-refractivity contribution in [3.63, 3.8) is 0 Å². The smallest absolute Gasteiger partial charge is 0.261 e. The lowest BCUT2D eigenvalue weighted by Crippen LogP contribution is -2.16. The van der Waals surface area contributed by atoms with E-state index in [2.05, 4.69) is 21.9 Å². The summed E-state index contributed by atoms with van der Waals surface area (Å²) in [6.45, 7) is 3.65. The molecule has 0 fully saturated rings. The van der Waals surface area contributed by atoms with E-state index < -0.39 is 10.0 Å². The maximum Gasteiger partial charge on any atom is 0.261 e. The van der Waals surface area contributed by atoms with Crippen LogP contribution in [0.15, 0.2) is 53.7 Å². The number of aromatic nitrogens is 1. The topological polar surface area (TPSA) is 71.1 Å². The summed E-state index contributed by atoms with van der Waals surface area (Å²) in [7, 11) is -3.58. The zero-order valence-corrected chi connectivity index (χ0v) is 12.7. The van der Waals surface area contributed by atoms with Gasteiger partial charge in [0.05, 0.1) is 16.8 Å². The fourth-order valence-electron chi connectivity index (χ4n) is 1.87. The highest BCUT2D eigenvalue weighted by molar-refractivity contribution is 7.92. The first-order valence-electron chi connectivity index (χ1n) is 6.84. The van der Waals surface area contributed by atoms with Gasteiger partial charge in [-0.2, -0.15) is 0 Å². The van der Waals surface area contributed by atoms with Crippen molar-refractivity contribution in [1.29, 1.82) is 0 Å². The molecule has 2 aromatic rings. The molecule has 0 saturated carbocycles. The van der Waals surface area contributed by atoms with Crippen molar-refractivity contribution >= 4 is 15.7 Å². The Labute approximate surface area is 125 Å². The average Bonchev–Trinajstić information content (AvgIpc) is 2.48. The fourth-order valence-corrected chi connectivity index (χ4v) is 2.98. The maximum atomic E-state index is 12.3. The van der Waals surface area contributed by atoms with Crippen molar-refractivity contribution < 1.29 is 8.42 Å². The Hall–Kier alpha value is -1.92. The Balaban J connectivity index is 2.14. The molecule has 1 aromatic carbocycles. The predicted octanol–water partition coefficient (Wildman–Crippen LogP) is 2.38. The molecule has 0 spiro atoms. The molecular weight excluding hydrogens is 286 g/mol. The molecular formula is C15H19N3O2S. The molecule has 2 rings (SSSR count). The molecule has 2 N–H and O–H groups in total. The van der Waals surface area contributed by atoms with E-state index in [4.69, 9.17) is 0 Å². The normalized spacial score (nSPS) is 11.3. The van der Waals surface area contributed by atoms with Crippen LogP contribution >= 0.6 is 0 Å². The van der Waals surface area contributed by atoms with Crippen LogP contribution in [0.4, 0.5) is 5.69 Å². The van der Waals surface area contributed by atoms with Crippen molar-refractivity contribution in [3.8, 4) is 0 Å². The summed E-state index contributed by atoms with van der Waals surface area (Å²) in [6, 6.07) is 10.3. The SMILES string of the molecule is CCCNCc1cccc(S(=O)(=O)Nc2cccnc2)c1. The Morgan fingerprint density at radius 1 is 1.19 bits per heavy atom. The minimum atomic E-state index is -3.58. The van der Waals surface area contributed by atoms with E-state index in [1.165, 1.54) is 6.20 Å². The standard InChI is InChI=1S/C15H19N3O2S/c1-2-8-16-11-13-5-3-7-15(10-13)21(19,20)18-14-6-4-9-17-12-14/h3-7,9-10,12,16,18H,2,8,11H2,1H3. The van der Waals surface area contributed by atoms with Crippen LogP contribution in [0.25, 0.3) is 0 Å². The van der Waals surface area contributed by atoms with E-state index in [9.17, 15) is 8.42 Å². The van der Waals surface area contributed by atoms with E-state index in [-0.39, 0.29) is 4.90 Å². The molecule has 0 aliphatic rings. The van der Waals surface area contributed by atoms with Gasteiger partial charge in [0.15, 0.2) is 0 Å². The molecule has 112 valence electrons. The average molecular weight is 305 g/mol. The second kappa shape index (κ2) is 7.19. The number of pyridine rings is 1. The van der Waals surface area contributed by atoms with Gasteiger partial charge in [-0.1, -0.05) is 19.1 Å². The van der Waals surface area contributed by atoms with Crippen molar-refractivity contribution in [2.24, 2.45) is 0 Å². The first kappa shape index (κ1) is 15.5. The highest BCUT2D eigenvalue weighted by Gasteiger charge is 2.14.